The van der Waals surface area contributed by atoms with Gasteiger partial charge in [-0.15, -0.1) is 0 Å². The van der Waals surface area contributed by atoms with E-state index < -0.39 is 35.5 Å². The predicted molar refractivity (Wildman–Crippen MR) is 97.2 cm³/mol. The average Bonchev–Trinajstić information content (AvgIpc) is 2.66. The Morgan fingerprint density at radius 3 is 2.21 bits per heavy atom. The van der Waals surface area contributed by atoms with Crippen molar-refractivity contribution in [3.8, 4) is 0 Å². The summed E-state index contributed by atoms with van der Waals surface area (Å²) in [6, 6.07) is 9.62. The number of hydrogen-bond donors (Lipinski definition) is 2. The predicted octanol–water partition coefficient (Wildman–Crippen LogP) is 2.13. The van der Waals surface area contributed by atoms with Crippen molar-refractivity contribution < 1.29 is 22.8 Å². The molecule has 150 valence electrons. The molecule has 0 radical (unpaired) electrons. The first kappa shape index (κ1) is 21.2. The molecule has 1 aromatic heterocycles. The number of alkyl halides is 3. The van der Waals surface area contributed by atoms with Gasteiger partial charge < -0.3 is 15.2 Å². The van der Waals surface area contributed by atoms with Crippen LogP contribution in [0, 0.1) is 0 Å². The highest BCUT2D eigenvalue weighted by atomic mass is 19.4. The van der Waals surface area contributed by atoms with Gasteiger partial charge in [0.1, 0.15) is 17.7 Å². The molecule has 1 aromatic carbocycles. The van der Waals surface area contributed by atoms with E-state index in [9.17, 15) is 27.6 Å². The quantitative estimate of drug-likeness (QED) is 0.754. The maximum absolute atomic E-state index is 12.4. The fourth-order valence-electron chi connectivity index (χ4n) is 2.60. The summed E-state index contributed by atoms with van der Waals surface area (Å²) >= 11 is 0. The summed E-state index contributed by atoms with van der Waals surface area (Å²) in [5, 5.41) is 3.95. The Bertz CT molecular complexity index is 893. The highest BCUT2D eigenvalue weighted by Crippen LogP contribution is 2.12. The molecule has 0 aliphatic rings. The summed E-state index contributed by atoms with van der Waals surface area (Å²) < 4.78 is 38.5. The lowest BCUT2D eigenvalue weighted by Crippen LogP contribution is -2.38. The lowest BCUT2D eigenvalue weighted by atomic mass is 10.1. The van der Waals surface area contributed by atoms with Crippen molar-refractivity contribution in [1.82, 2.24) is 15.2 Å². The van der Waals surface area contributed by atoms with Crippen LogP contribution in [0.2, 0.25) is 0 Å². The molecule has 0 atom stereocenters. The smallest absolute Gasteiger partial charge is 0.355 e. The van der Waals surface area contributed by atoms with Gasteiger partial charge in [-0.3, -0.25) is 14.4 Å². The van der Waals surface area contributed by atoms with E-state index in [-0.39, 0.29) is 5.56 Å². The number of carbonyl (C=O) groups excluding carboxylic acids is 2. The fraction of sp³-hybridized carbons (Fsp3) is 0.316. The second kappa shape index (κ2) is 9.20. The molecule has 0 spiro atoms. The number of amides is 2. The molecule has 0 fully saturated rings. The van der Waals surface area contributed by atoms with Crippen LogP contribution in [-0.4, -0.2) is 36.2 Å². The summed E-state index contributed by atoms with van der Waals surface area (Å²) in [4.78, 5) is 36.4. The minimum atomic E-state index is -4.61. The van der Waals surface area contributed by atoms with E-state index in [2.05, 4.69) is 5.32 Å². The minimum Gasteiger partial charge on any atom is -0.355 e. The maximum Gasteiger partial charge on any atom is 0.405 e. The zero-order valence-electron chi connectivity index (χ0n) is 15.2. The molecule has 2 rings (SSSR count). The SMILES string of the molecule is CNC(=O)c1cn(CCCc2ccccc2)cc(C(=O)NCC(F)(F)F)c1=O. The molecule has 0 bridgehead atoms. The lowest BCUT2D eigenvalue weighted by Gasteiger charge is -2.13. The average molecular weight is 395 g/mol. The highest BCUT2D eigenvalue weighted by Gasteiger charge is 2.29. The monoisotopic (exact) mass is 395 g/mol. The molecule has 0 unspecified atom stereocenters. The Morgan fingerprint density at radius 2 is 1.64 bits per heavy atom. The molecule has 2 amide bonds. The van der Waals surface area contributed by atoms with Crippen LogP contribution < -0.4 is 16.1 Å². The Kier molecular flexibility index (Phi) is 6.97. The van der Waals surface area contributed by atoms with Crippen LogP contribution in [0.3, 0.4) is 0 Å². The maximum atomic E-state index is 12.4. The van der Waals surface area contributed by atoms with E-state index in [0.29, 0.717) is 13.0 Å². The second-order valence-electron chi connectivity index (χ2n) is 6.12. The number of hydrogen-bond acceptors (Lipinski definition) is 3. The summed E-state index contributed by atoms with van der Waals surface area (Å²) in [5.41, 5.74) is -0.636. The van der Waals surface area contributed by atoms with Gasteiger partial charge in [0.2, 0.25) is 5.43 Å². The van der Waals surface area contributed by atoms with Gasteiger partial charge in [0.25, 0.3) is 11.8 Å². The molecule has 6 nitrogen and oxygen atoms in total. The van der Waals surface area contributed by atoms with Gasteiger partial charge in [-0.2, -0.15) is 13.2 Å². The fourth-order valence-corrected chi connectivity index (χ4v) is 2.60. The normalized spacial score (nSPS) is 11.1. The van der Waals surface area contributed by atoms with E-state index in [1.54, 1.807) is 5.32 Å². The summed E-state index contributed by atoms with van der Waals surface area (Å²) in [7, 11) is 1.32. The van der Waals surface area contributed by atoms with Crippen LogP contribution in [0.5, 0.6) is 0 Å². The number of nitrogens with one attached hydrogen (secondary N) is 2. The number of rotatable bonds is 7. The first-order valence-electron chi connectivity index (χ1n) is 8.56. The molecule has 28 heavy (non-hydrogen) atoms. The largest absolute Gasteiger partial charge is 0.405 e. The van der Waals surface area contributed by atoms with Gasteiger partial charge >= 0.3 is 6.18 Å². The Hall–Kier alpha value is -3.10. The molecule has 2 aromatic rings. The molecular weight excluding hydrogens is 375 g/mol. The lowest BCUT2D eigenvalue weighted by molar-refractivity contribution is -0.123. The summed E-state index contributed by atoms with van der Waals surface area (Å²) in [5.74, 6) is -1.89. The van der Waals surface area contributed by atoms with Crippen LogP contribution in [0.15, 0.2) is 47.5 Å². The van der Waals surface area contributed by atoms with Gasteiger partial charge in [-0.25, -0.2) is 0 Å². The zero-order valence-corrected chi connectivity index (χ0v) is 15.2. The van der Waals surface area contributed by atoms with Crippen LogP contribution in [0.1, 0.15) is 32.7 Å². The molecular formula is C19H20F3N3O3. The molecule has 0 aliphatic carbocycles. The third-order valence-electron chi connectivity index (χ3n) is 3.97. The van der Waals surface area contributed by atoms with Gasteiger partial charge in [0.05, 0.1) is 0 Å². The van der Waals surface area contributed by atoms with E-state index in [0.717, 1.165) is 12.0 Å². The van der Waals surface area contributed by atoms with Crippen LogP contribution >= 0.6 is 0 Å². The van der Waals surface area contributed by atoms with E-state index in [4.69, 9.17) is 0 Å². The van der Waals surface area contributed by atoms with Gasteiger partial charge in [-0.05, 0) is 18.4 Å². The van der Waals surface area contributed by atoms with E-state index >= 15 is 0 Å². The van der Waals surface area contributed by atoms with Crippen LogP contribution in [0.4, 0.5) is 13.2 Å². The Balaban J connectivity index is 2.23. The van der Waals surface area contributed by atoms with Crippen molar-refractivity contribution in [1.29, 1.82) is 0 Å². The van der Waals surface area contributed by atoms with Gasteiger partial charge in [-0.1, -0.05) is 30.3 Å². The number of halogens is 3. The zero-order chi connectivity index (χ0) is 20.7. The molecule has 0 aliphatic heterocycles. The molecule has 9 heteroatoms. The van der Waals surface area contributed by atoms with Gasteiger partial charge in [0.15, 0.2) is 0 Å². The molecule has 1 heterocycles. The summed E-state index contributed by atoms with van der Waals surface area (Å²) in [6.07, 6.45) is -0.775. The Morgan fingerprint density at radius 1 is 1.04 bits per heavy atom. The second-order valence-corrected chi connectivity index (χ2v) is 6.12. The first-order chi connectivity index (χ1) is 13.2. The van der Waals surface area contributed by atoms with Crippen molar-refractivity contribution in [2.45, 2.75) is 25.6 Å². The first-order valence-corrected chi connectivity index (χ1v) is 8.56. The molecule has 0 saturated carbocycles. The van der Waals surface area contributed by atoms with E-state index in [1.807, 2.05) is 30.3 Å². The summed E-state index contributed by atoms with van der Waals surface area (Å²) in [6.45, 7) is -1.19. The van der Waals surface area contributed by atoms with Gasteiger partial charge in [0, 0.05) is 26.0 Å². The molecule has 2 N–H and O–H groups in total. The van der Waals surface area contributed by atoms with Crippen LogP contribution in [-0.2, 0) is 13.0 Å². The number of nitrogens with zero attached hydrogens (tertiary/aromatic N) is 1. The number of benzene rings is 1. The minimum absolute atomic E-state index is 0.304. The third-order valence-corrected chi connectivity index (χ3v) is 3.97. The number of pyridine rings is 1. The van der Waals surface area contributed by atoms with Crippen LogP contribution in [0.25, 0.3) is 0 Å². The van der Waals surface area contributed by atoms with E-state index in [1.165, 1.54) is 24.0 Å². The highest BCUT2D eigenvalue weighted by molar-refractivity contribution is 5.99. The number of aryl methyl sites for hydroxylation is 2. The van der Waals surface area contributed by atoms with Crippen molar-refractivity contribution in [3.63, 3.8) is 0 Å². The van der Waals surface area contributed by atoms with Crippen molar-refractivity contribution in [2.75, 3.05) is 13.6 Å². The Labute approximate surface area is 159 Å². The number of aromatic nitrogens is 1. The molecule has 0 saturated heterocycles. The number of carbonyl (C=O) groups is 2. The topological polar surface area (TPSA) is 80.2 Å². The third kappa shape index (κ3) is 5.97. The van der Waals surface area contributed by atoms with Crippen molar-refractivity contribution in [2.24, 2.45) is 0 Å². The van der Waals surface area contributed by atoms with Crippen molar-refractivity contribution in [3.05, 3.63) is 69.6 Å². The van der Waals surface area contributed by atoms with Crippen molar-refractivity contribution >= 4 is 11.8 Å². The standard InChI is InChI=1S/C19H20F3N3O3/c1-23-17(27)14-10-25(9-5-8-13-6-3-2-4-7-13)11-15(16(14)26)18(28)24-12-19(20,21)22/h2-4,6-7,10-11H,5,8-9,12H2,1H3,(H,23,27)(H,24,28).